The fourth-order valence-electron chi connectivity index (χ4n) is 2.68. The number of hydrogen-bond acceptors (Lipinski definition) is 4. The van der Waals surface area contributed by atoms with E-state index in [2.05, 4.69) is 15.4 Å². The van der Waals surface area contributed by atoms with Crippen molar-refractivity contribution in [2.24, 2.45) is 5.92 Å². The second-order valence-corrected chi connectivity index (χ2v) is 8.11. The fourth-order valence-corrected chi connectivity index (χ4v) is 3.84. The van der Waals surface area contributed by atoms with E-state index in [1.54, 1.807) is 12.1 Å². The number of hydrogen-bond donors (Lipinski definition) is 3. The Morgan fingerprint density at radius 2 is 2.04 bits per heavy atom. The van der Waals surface area contributed by atoms with Crippen LogP contribution in [0.2, 0.25) is 0 Å². The smallest absolute Gasteiger partial charge is 0.251 e. The molecule has 1 aromatic rings. The molecule has 8 heteroatoms. The Hall–Kier alpha value is -1.15. The van der Waals surface area contributed by atoms with Crippen LogP contribution in [-0.4, -0.2) is 40.0 Å². The Bertz CT molecular complexity index is 671. The summed E-state index contributed by atoms with van der Waals surface area (Å²) in [5.74, 6) is 0.244. The van der Waals surface area contributed by atoms with E-state index < -0.39 is 10.0 Å². The summed E-state index contributed by atoms with van der Waals surface area (Å²) < 4.78 is 27.2. The highest BCUT2D eigenvalue weighted by atomic mass is 35.5. The molecule has 1 aliphatic heterocycles. The van der Waals surface area contributed by atoms with Gasteiger partial charge in [-0.05, 0) is 56.3 Å². The van der Waals surface area contributed by atoms with Gasteiger partial charge in [0.2, 0.25) is 10.0 Å². The predicted octanol–water partition coefficient (Wildman–Crippen LogP) is 1.28. The molecule has 1 aliphatic carbocycles. The van der Waals surface area contributed by atoms with Gasteiger partial charge in [0.1, 0.15) is 0 Å². The molecular formula is C16H24ClN3O3S. The normalized spacial score (nSPS) is 20.9. The summed E-state index contributed by atoms with van der Waals surface area (Å²) in [5, 5.41) is 6.20. The first kappa shape index (κ1) is 19.2. The van der Waals surface area contributed by atoms with E-state index in [0.717, 1.165) is 38.8 Å². The van der Waals surface area contributed by atoms with Gasteiger partial charge in [-0.3, -0.25) is 4.79 Å². The maximum absolute atomic E-state index is 12.3. The van der Waals surface area contributed by atoms with Gasteiger partial charge in [0.05, 0.1) is 4.90 Å². The SMILES string of the molecule is Cl.O=C(N[C@H]1CCCNC1)c1cccc(S(=O)(=O)NCC2CC2)c1. The van der Waals surface area contributed by atoms with Crippen LogP contribution in [0.25, 0.3) is 0 Å². The first-order chi connectivity index (χ1) is 11.0. The van der Waals surface area contributed by atoms with Gasteiger partial charge in [-0.1, -0.05) is 6.07 Å². The molecule has 1 amide bonds. The quantitative estimate of drug-likeness (QED) is 0.701. The van der Waals surface area contributed by atoms with Crippen LogP contribution in [0.5, 0.6) is 0 Å². The lowest BCUT2D eigenvalue weighted by molar-refractivity contribution is 0.0930. The monoisotopic (exact) mass is 373 g/mol. The van der Waals surface area contributed by atoms with E-state index in [1.165, 1.54) is 12.1 Å². The maximum Gasteiger partial charge on any atom is 0.251 e. The van der Waals surface area contributed by atoms with Crippen LogP contribution in [0.3, 0.4) is 0 Å². The molecule has 6 nitrogen and oxygen atoms in total. The number of carbonyl (C=O) groups excluding carboxylic acids is 1. The minimum atomic E-state index is -3.55. The van der Waals surface area contributed by atoms with Crippen molar-refractivity contribution in [3.05, 3.63) is 29.8 Å². The van der Waals surface area contributed by atoms with Crippen LogP contribution in [0.1, 0.15) is 36.0 Å². The van der Waals surface area contributed by atoms with Crippen LogP contribution in [0, 0.1) is 5.92 Å². The highest BCUT2D eigenvalue weighted by Gasteiger charge is 2.25. The zero-order chi connectivity index (χ0) is 16.3. The molecule has 1 aromatic carbocycles. The molecular weight excluding hydrogens is 350 g/mol. The zero-order valence-electron chi connectivity index (χ0n) is 13.5. The van der Waals surface area contributed by atoms with Crippen LogP contribution in [0.15, 0.2) is 29.2 Å². The van der Waals surface area contributed by atoms with Crippen molar-refractivity contribution in [3.8, 4) is 0 Å². The number of piperidine rings is 1. The lowest BCUT2D eigenvalue weighted by Crippen LogP contribution is -2.45. The van der Waals surface area contributed by atoms with Gasteiger partial charge >= 0.3 is 0 Å². The van der Waals surface area contributed by atoms with Crippen molar-refractivity contribution in [1.29, 1.82) is 0 Å². The number of benzene rings is 1. The lowest BCUT2D eigenvalue weighted by Gasteiger charge is -2.23. The van der Waals surface area contributed by atoms with Gasteiger partial charge < -0.3 is 10.6 Å². The number of amides is 1. The Labute approximate surface area is 149 Å². The number of halogens is 1. The van der Waals surface area contributed by atoms with Crippen LogP contribution >= 0.6 is 12.4 Å². The average Bonchev–Trinajstić information content (AvgIpc) is 3.38. The predicted molar refractivity (Wildman–Crippen MR) is 95.0 cm³/mol. The summed E-state index contributed by atoms with van der Waals surface area (Å²) >= 11 is 0. The molecule has 1 saturated carbocycles. The number of sulfonamides is 1. The van der Waals surface area contributed by atoms with Gasteiger partial charge in [-0.2, -0.15) is 0 Å². The van der Waals surface area contributed by atoms with Crippen molar-refractivity contribution >= 4 is 28.3 Å². The topological polar surface area (TPSA) is 87.3 Å². The molecule has 0 unspecified atom stereocenters. The van der Waals surface area contributed by atoms with E-state index in [9.17, 15) is 13.2 Å². The number of rotatable bonds is 6. The van der Waals surface area contributed by atoms with Crippen molar-refractivity contribution in [3.63, 3.8) is 0 Å². The summed E-state index contributed by atoms with van der Waals surface area (Å²) in [4.78, 5) is 12.5. The molecule has 1 atom stereocenters. The first-order valence-corrected chi connectivity index (χ1v) is 9.64. The largest absolute Gasteiger partial charge is 0.348 e. The molecule has 0 aromatic heterocycles. The Kier molecular flexibility index (Phi) is 6.62. The Morgan fingerprint density at radius 3 is 2.71 bits per heavy atom. The van der Waals surface area contributed by atoms with Gasteiger partial charge in [-0.25, -0.2) is 13.1 Å². The minimum Gasteiger partial charge on any atom is -0.348 e. The summed E-state index contributed by atoms with van der Waals surface area (Å²) in [6.45, 7) is 2.21. The lowest BCUT2D eigenvalue weighted by atomic mass is 10.1. The molecule has 0 spiro atoms. The van der Waals surface area contributed by atoms with Crippen LogP contribution in [-0.2, 0) is 10.0 Å². The number of nitrogens with one attached hydrogen (secondary N) is 3. The summed E-state index contributed by atoms with van der Waals surface area (Å²) in [7, 11) is -3.55. The van der Waals surface area contributed by atoms with Crippen molar-refractivity contribution in [1.82, 2.24) is 15.4 Å². The molecule has 1 heterocycles. The second kappa shape index (κ2) is 8.29. The van der Waals surface area contributed by atoms with Gasteiger partial charge in [0.25, 0.3) is 5.91 Å². The van der Waals surface area contributed by atoms with Gasteiger partial charge in [-0.15, -0.1) is 12.4 Å². The summed E-state index contributed by atoms with van der Waals surface area (Å²) in [5.41, 5.74) is 0.380. The summed E-state index contributed by atoms with van der Waals surface area (Å²) in [6, 6.07) is 6.32. The van der Waals surface area contributed by atoms with Crippen LogP contribution < -0.4 is 15.4 Å². The third-order valence-electron chi connectivity index (χ3n) is 4.30. The maximum atomic E-state index is 12.3. The molecule has 0 bridgehead atoms. The van der Waals surface area contributed by atoms with Crippen molar-refractivity contribution < 1.29 is 13.2 Å². The zero-order valence-corrected chi connectivity index (χ0v) is 15.1. The highest BCUT2D eigenvalue weighted by molar-refractivity contribution is 7.89. The number of carbonyl (C=O) groups is 1. The molecule has 2 fully saturated rings. The molecule has 1 saturated heterocycles. The van der Waals surface area contributed by atoms with E-state index in [-0.39, 0.29) is 29.3 Å². The van der Waals surface area contributed by atoms with Crippen molar-refractivity contribution in [2.45, 2.75) is 36.6 Å². The summed E-state index contributed by atoms with van der Waals surface area (Å²) in [6.07, 6.45) is 4.14. The van der Waals surface area contributed by atoms with E-state index in [4.69, 9.17) is 0 Å². The van der Waals surface area contributed by atoms with Crippen LogP contribution in [0.4, 0.5) is 0 Å². The van der Waals surface area contributed by atoms with Gasteiger partial charge in [0, 0.05) is 24.7 Å². The van der Waals surface area contributed by atoms with E-state index in [0.29, 0.717) is 18.0 Å². The Balaban J connectivity index is 0.00000208. The fraction of sp³-hybridized carbons (Fsp3) is 0.562. The molecule has 24 heavy (non-hydrogen) atoms. The van der Waals surface area contributed by atoms with E-state index in [1.807, 2.05) is 0 Å². The second-order valence-electron chi connectivity index (χ2n) is 6.34. The third kappa shape index (κ3) is 5.17. The van der Waals surface area contributed by atoms with Gasteiger partial charge in [0.15, 0.2) is 0 Å². The van der Waals surface area contributed by atoms with E-state index >= 15 is 0 Å². The molecule has 134 valence electrons. The molecule has 3 rings (SSSR count). The van der Waals surface area contributed by atoms with Crippen molar-refractivity contribution in [2.75, 3.05) is 19.6 Å². The third-order valence-corrected chi connectivity index (χ3v) is 5.72. The highest BCUT2D eigenvalue weighted by Crippen LogP contribution is 2.28. The standard InChI is InChI=1S/C16H23N3O3S.ClH/c20-16(19-14-4-2-8-17-11-14)13-3-1-5-15(9-13)23(21,22)18-10-12-6-7-12;/h1,3,5,9,12,14,17-18H,2,4,6-8,10-11H2,(H,19,20);1H/t14-;/m0./s1. The molecule has 3 N–H and O–H groups in total. The minimum absolute atomic E-state index is 0. The Morgan fingerprint density at radius 1 is 1.25 bits per heavy atom. The average molecular weight is 374 g/mol. The molecule has 0 radical (unpaired) electrons. The first-order valence-electron chi connectivity index (χ1n) is 8.16. The molecule has 2 aliphatic rings.